The minimum Gasteiger partial charge on any atom is -0.338 e. The molecule has 0 unspecified atom stereocenters. The molecule has 0 saturated carbocycles. The van der Waals surface area contributed by atoms with Gasteiger partial charge < -0.3 is 10.2 Å². The highest BCUT2D eigenvalue weighted by Gasteiger charge is 2.35. The van der Waals surface area contributed by atoms with Gasteiger partial charge in [-0.25, -0.2) is 0 Å². The number of rotatable bonds is 5. The Kier molecular flexibility index (Phi) is 5.68. The van der Waals surface area contributed by atoms with E-state index in [9.17, 15) is 18.0 Å². The number of carbonyl (C=O) groups is 1. The summed E-state index contributed by atoms with van der Waals surface area (Å²) in [7, 11) is 1.84. The van der Waals surface area contributed by atoms with Gasteiger partial charge in [-0.15, -0.1) is 0 Å². The fourth-order valence-corrected chi connectivity index (χ4v) is 3.29. The maximum absolute atomic E-state index is 13.1. The molecule has 1 heterocycles. The van der Waals surface area contributed by atoms with Crippen LogP contribution in [0.25, 0.3) is 0 Å². The van der Waals surface area contributed by atoms with Crippen LogP contribution in [0, 0.1) is 0 Å². The Morgan fingerprint density at radius 2 is 2.09 bits per heavy atom. The van der Waals surface area contributed by atoms with Crippen LogP contribution in [0.15, 0.2) is 24.3 Å². The molecule has 6 heteroatoms. The number of amides is 1. The summed E-state index contributed by atoms with van der Waals surface area (Å²) in [6, 6.07) is 5.67. The lowest BCUT2D eigenvalue weighted by atomic mass is 9.92. The topological polar surface area (TPSA) is 32.3 Å². The quantitative estimate of drug-likeness (QED) is 0.898. The molecule has 1 aromatic carbocycles. The summed E-state index contributed by atoms with van der Waals surface area (Å²) in [5.74, 6) is -0.525. The van der Waals surface area contributed by atoms with Gasteiger partial charge in [0.1, 0.15) is 0 Å². The summed E-state index contributed by atoms with van der Waals surface area (Å²) in [5.41, 5.74) is -0.453. The molecule has 0 bridgehead atoms. The lowest BCUT2D eigenvalue weighted by Crippen LogP contribution is -2.41. The molecule has 1 aromatic rings. The molecule has 0 spiro atoms. The fourth-order valence-electron chi connectivity index (χ4n) is 3.29. The third-order valence-electron chi connectivity index (χ3n) is 4.42. The number of carbonyl (C=O) groups excluding carboxylic acids is 1. The van der Waals surface area contributed by atoms with E-state index in [0.717, 1.165) is 25.5 Å². The molecule has 0 aliphatic carbocycles. The fraction of sp³-hybridized carbons (Fsp3) is 0.588. The molecule has 1 saturated heterocycles. The molecular weight excluding hydrogens is 305 g/mol. The monoisotopic (exact) mass is 328 g/mol. The SMILES string of the molecule is CNC[C@@H]1CCCN1C(=O)C[C@H](C)c1ccccc1C(F)(F)F. The van der Waals surface area contributed by atoms with Crippen LogP contribution < -0.4 is 5.32 Å². The number of likely N-dealkylation sites (N-methyl/N-ethyl adjacent to an activating group) is 1. The Labute approximate surface area is 134 Å². The summed E-state index contributed by atoms with van der Waals surface area (Å²) in [4.78, 5) is 14.3. The zero-order valence-electron chi connectivity index (χ0n) is 13.5. The predicted molar refractivity (Wildman–Crippen MR) is 83.1 cm³/mol. The molecule has 1 amide bonds. The van der Waals surface area contributed by atoms with Gasteiger partial charge in [-0.3, -0.25) is 4.79 Å². The van der Waals surface area contributed by atoms with E-state index in [0.29, 0.717) is 6.54 Å². The van der Waals surface area contributed by atoms with Gasteiger partial charge in [0.05, 0.1) is 5.56 Å². The number of alkyl halides is 3. The second kappa shape index (κ2) is 7.34. The molecule has 23 heavy (non-hydrogen) atoms. The van der Waals surface area contributed by atoms with E-state index >= 15 is 0 Å². The lowest BCUT2D eigenvalue weighted by molar-refractivity contribution is -0.139. The third-order valence-corrected chi connectivity index (χ3v) is 4.42. The molecule has 2 rings (SSSR count). The largest absolute Gasteiger partial charge is 0.416 e. The molecule has 128 valence electrons. The summed E-state index contributed by atoms with van der Waals surface area (Å²) in [6.45, 7) is 3.10. The molecule has 1 aliphatic heterocycles. The normalized spacial score (nSPS) is 19.9. The van der Waals surface area contributed by atoms with E-state index < -0.39 is 17.7 Å². The number of hydrogen-bond acceptors (Lipinski definition) is 2. The summed E-state index contributed by atoms with van der Waals surface area (Å²) in [5, 5.41) is 3.07. The molecule has 1 aliphatic rings. The molecule has 3 nitrogen and oxygen atoms in total. The third kappa shape index (κ3) is 4.25. The smallest absolute Gasteiger partial charge is 0.338 e. The maximum atomic E-state index is 13.1. The van der Waals surface area contributed by atoms with Gasteiger partial charge in [0.25, 0.3) is 0 Å². The van der Waals surface area contributed by atoms with Crippen molar-refractivity contribution in [2.75, 3.05) is 20.1 Å². The van der Waals surface area contributed by atoms with Crippen molar-refractivity contribution < 1.29 is 18.0 Å². The van der Waals surface area contributed by atoms with Gasteiger partial charge in [0.2, 0.25) is 5.91 Å². The van der Waals surface area contributed by atoms with Gasteiger partial charge in [-0.1, -0.05) is 25.1 Å². The van der Waals surface area contributed by atoms with Crippen LogP contribution in [-0.2, 0) is 11.0 Å². The lowest BCUT2D eigenvalue weighted by Gasteiger charge is -2.26. The van der Waals surface area contributed by atoms with E-state index in [2.05, 4.69) is 5.32 Å². The van der Waals surface area contributed by atoms with Crippen molar-refractivity contribution in [2.24, 2.45) is 0 Å². The number of benzene rings is 1. The van der Waals surface area contributed by atoms with Gasteiger partial charge >= 0.3 is 6.18 Å². The maximum Gasteiger partial charge on any atom is 0.416 e. The van der Waals surface area contributed by atoms with Crippen LogP contribution in [0.4, 0.5) is 13.2 Å². The zero-order chi connectivity index (χ0) is 17.0. The van der Waals surface area contributed by atoms with E-state index in [1.807, 2.05) is 11.9 Å². The molecular formula is C17H23F3N2O. The highest BCUT2D eigenvalue weighted by molar-refractivity contribution is 5.77. The van der Waals surface area contributed by atoms with Crippen LogP contribution in [-0.4, -0.2) is 37.0 Å². The van der Waals surface area contributed by atoms with E-state index in [4.69, 9.17) is 0 Å². The minimum atomic E-state index is -4.39. The van der Waals surface area contributed by atoms with E-state index in [1.165, 1.54) is 12.1 Å². The minimum absolute atomic E-state index is 0.0628. The first-order valence-electron chi connectivity index (χ1n) is 7.94. The summed E-state index contributed by atoms with van der Waals surface area (Å²) < 4.78 is 39.3. The number of nitrogens with one attached hydrogen (secondary N) is 1. The Balaban J connectivity index is 2.10. The summed E-state index contributed by atoms with van der Waals surface area (Å²) in [6.07, 6.45) is -2.39. The van der Waals surface area contributed by atoms with Gasteiger partial charge in [-0.05, 0) is 37.4 Å². The first kappa shape index (κ1) is 17.8. The Bertz CT molecular complexity index is 545. The van der Waals surface area contributed by atoms with Gasteiger partial charge in [0, 0.05) is 25.6 Å². The Hall–Kier alpha value is -1.56. The number of nitrogens with zero attached hydrogens (tertiary/aromatic N) is 1. The number of likely N-dealkylation sites (tertiary alicyclic amines) is 1. The van der Waals surface area contributed by atoms with Crippen molar-refractivity contribution in [3.63, 3.8) is 0 Å². The molecule has 1 fully saturated rings. The average Bonchev–Trinajstić information content (AvgIpc) is 2.95. The predicted octanol–water partition coefficient (Wildman–Crippen LogP) is 3.41. The number of halogens is 3. The number of hydrogen-bond donors (Lipinski definition) is 1. The molecule has 0 radical (unpaired) electrons. The van der Waals surface area contributed by atoms with Crippen molar-refractivity contribution in [2.45, 2.75) is 44.3 Å². The first-order valence-corrected chi connectivity index (χ1v) is 7.94. The summed E-state index contributed by atoms with van der Waals surface area (Å²) >= 11 is 0. The average molecular weight is 328 g/mol. The van der Waals surface area contributed by atoms with Crippen molar-refractivity contribution in [3.8, 4) is 0 Å². The second-order valence-electron chi connectivity index (χ2n) is 6.13. The van der Waals surface area contributed by atoms with E-state index in [1.54, 1.807) is 13.0 Å². The van der Waals surface area contributed by atoms with Crippen molar-refractivity contribution in [1.29, 1.82) is 0 Å². The molecule has 2 atom stereocenters. The van der Waals surface area contributed by atoms with Gasteiger partial charge in [0.15, 0.2) is 0 Å². The highest BCUT2D eigenvalue weighted by Crippen LogP contribution is 2.36. The highest BCUT2D eigenvalue weighted by atomic mass is 19.4. The molecule has 0 aromatic heterocycles. The second-order valence-corrected chi connectivity index (χ2v) is 6.13. The van der Waals surface area contributed by atoms with Crippen molar-refractivity contribution in [1.82, 2.24) is 10.2 Å². The van der Waals surface area contributed by atoms with Crippen molar-refractivity contribution in [3.05, 3.63) is 35.4 Å². The zero-order valence-corrected chi connectivity index (χ0v) is 13.5. The van der Waals surface area contributed by atoms with Crippen LogP contribution in [0.5, 0.6) is 0 Å². The Morgan fingerprint density at radius 3 is 2.74 bits per heavy atom. The van der Waals surface area contributed by atoms with E-state index in [-0.39, 0.29) is 23.9 Å². The van der Waals surface area contributed by atoms with Crippen LogP contribution in [0.3, 0.4) is 0 Å². The molecule has 1 N–H and O–H groups in total. The van der Waals surface area contributed by atoms with Gasteiger partial charge in [-0.2, -0.15) is 13.2 Å². The van der Waals surface area contributed by atoms with Crippen LogP contribution in [0.2, 0.25) is 0 Å². The van der Waals surface area contributed by atoms with Crippen LogP contribution in [0.1, 0.15) is 43.2 Å². The van der Waals surface area contributed by atoms with Crippen molar-refractivity contribution >= 4 is 5.91 Å². The first-order chi connectivity index (χ1) is 10.8. The Morgan fingerprint density at radius 1 is 1.39 bits per heavy atom. The van der Waals surface area contributed by atoms with Crippen LogP contribution >= 0.6 is 0 Å². The standard InChI is InChI=1S/C17H23F3N2O/c1-12(14-7-3-4-8-15(14)17(18,19)20)10-16(23)22-9-5-6-13(22)11-21-2/h3-4,7-8,12-13,21H,5-6,9-11H2,1-2H3/t12-,13-/m0/s1.